The van der Waals surface area contributed by atoms with Crippen molar-refractivity contribution in [3.8, 4) is 5.75 Å². The lowest BCUT2D eigenvalue weighted by Crippen LogP contribution is -2.34. The fourth-order valence-electron chi connectivity index (χ4n) is 4.38. The number of carbonyl (C=O) groups excluding carboxylic acids is 1. The van der Waals surface area contributed by atoms with Crippen LogP contribution in [0, 0.1) is 5.82 Å². The molecular formula is C25H30FN3O3. The number of rotatable bonds is 9. The van der Waals surface area contributed by atoms with Crippen molar-refractivity contribution in [1.82, 2.24) is 10.1 Å². The molecule has 0 radical (unpaired) electrons. The molecule has 0 spiro atoms. The topological polar surface area (TPSA) is 81.6 Å². The molecule has 2 heterocycles. The van der Waals surface area contributed by atoms with Crippen LogP contribution in [0.2, 0.25) is 0 Å². The summed E-state index contributed by atoms with van der Waals surface area (Å²) in [5.41, 5.74) is 8.87. The molecule has 2 aromatic carbocycles. The van der Waals surface area contributed by atoms with Crippen LogP contribution >= 0.6 is 0 Å². The van der Waals surface area contributed by atoms with Gasteiger partial charge in [0.05, 0.1) is 12.3 Å². The van der Waals surface area contributed by atoms with Crippen molar-refractivity contribution >= 4 is 16.8 Å². The van der Waals surface area contributed by atoms with Crippen molar-refractivity contribution < 1.29 is 18.4 Å². The molecule has 1 fully saturated rings. The van der Waals surface area contributed by atoms with Crippen molar-refractivity contribution in [2.75, 3.05) is 26.2 Å². The van der Waals surface area contributed by atoms with E-state index in [1.54, 1.807) is 6.07 Å². The summed E-state index contributed by atoms with van der Waals surface area (Å²) in [5.74, 6) is 0.903. The molecule has 170 valence electrons. The van der Waals surface area contributed by atoms with Gasteiger partial charge in [0.15, 0.2) is 11.4 Å². The van der Waals surface area contributed by atoms with Gasteiger partial charge < -0.3 is 19.9 Å². The number of aromatic nitrogens is 1. The summed E-state index contributed by atoms with van der Waals surface area (Å²) >= 11 is 0. The van der Waals surface area contributed by atoms with Gasteiger partial charge in [0.25, 0.3) is 0 Å². The SMILES string of the molecule is CCC(=O)c1ccc(OCCCN2CCC(c3noc4cc(F)ccc34)CC2)c(CN)c1. The summed E-state index contributed by atoms with van der Waals surface area (Å²) < 4.78 is 24.7. The van der Waals surface area contributed by atoms with E-state index >= 15 is 0 Å². The van der Waals surface area contributed by atoms with Crippen LogP contribution in [0.15, 0.2) is 40.9 Å². The maximum absolute atomic E-state index is 13.4. The largest absolute Gasteiger partial charge is 0.493 e. The predicted molar refractivity (Wildman–Crippen MR) is 121 cm³/mol. The zero-order valence-corrected chi connectivity index (χ0v) is 18.5. The Morgan fingerprint density at radius 2 is 2.06 bits per heavy atom. The number of piperidine rings is 1. The maximum Gasteiger partial charge on any atom is 0.170 e. The Bertz CT molecular complexity index is 1070. The van der Waals surface area contributed by atoms with Crippen molar-refractivity contribution in [3.63, 3.8) is 0 Å². The van der Waals surface area contributed by atoms with Crippen LogP contribution in [-0.4, -0.2) is 42.1 Å². The summed E-state index contributed by atoms with van der Waals surface area (Å²) in [6.07, 6.45) is 3.40. The van der Waals surface area contributed by atoms with Crippen LogP contribution in [0.4, 0.5) is 4.39 Å². The second kappa shape index (κ2) is 10.2. The summed E-state index contributed by atoms with van der Waals surface area (Å²) in [6, 6.07) is 10.1. The van der Waals surface area contributed by atoms with Gasteiger partial charge in [0.1, 0.15) is 11.6 Å². The molecule has 1 saturated heterocycles. The molecule has 7 heteroatoms. The molecule has 0 bridgehead atoms. The van der Waals surface area contributed by atoms with Gasteiger partial charge in [0, 0.05) is 48.0 Å². The maximum atomic E-state index is 13.4. The molecular weight excluding hydrogens is 409 g/mol. The number of ether oxygens (including phenoxy) is 1. The monoisotopic (exact) mass is 439 g/mol. The lowest BCUT2D eigenvalue weighted by atomic mass is 9.91. The minimum atomic E-state index is -0.304. The first-order valence-electron chi connectivity index (χ1n) is 11.3. The minimum Gasteiger partial charge on any atom is -0.493 e. The van der Waals surface area contributed by atoms with E-state index < -0.39 is 0 Å². The minimum absolute atomic E-state index is 0.112. The average Bonchev–Trinajstić information content (AvgIpc) is 3.24. The van der Waals surface area contributed by atoms with E-state index in [-0.39, 0.29) is 11.6 Å². The highest BCUT2D eigenvalue weighted by molar-refractivity contribution is 5.96. The van der Waals surface area contributed by atoms with Gasteiger partial charge in [-0.05, 0) is 62.7 Å². The van der Waals surface area contributed by atoms with Gasteiger partial charge in [-0.15, -0.1) is 0 Å². The zero-order valence-electron chi connectivity index (χ0n) is 18.5. The van der Waals surface area contributed by atoms with Crippen LogP contribution in [-0.2, 0) is 6.54 Å². The van der Waals surface area contributed by atoms with Crippen molar-refractivity contribution in [3.05, 3.63) is 59.0 Å². The number of Topliss-reactive ketones (excluding diaryl/α,β-unsaturated/α-hetero) is 1. The number of nitrogens with two attached hydrogens (primary N) is 1. The van der Waals surface area contributed by atoms with Gasteiger partial charge in [-0.25, -0.2) is 4.39 Å². The molecule has 6 nitrogen and oxygen atoms in total. The summed E-state index contributed by atoms with van der Waals surface area (Å²) in [5, 5.41) is 5.14. The summed E-state index contributed by atoms with van der Waals surface area (Å²) in [7, 11) is 0. The Kier molecular flexibility index (Phi) is 7.17. The number of likely N-dealkylation sites (tertiary alicyclic amines) is 1. The molecule has 0 unspecified atom stereocenters. The summed E-state index contributed by atoms with van der Waals surface area (Å²) in [4.78, 5) is 14.3. The van der Waals surface area contributed by atoms with Crippen molar-refractivity contribution in [2.24, 2.45) is 5.73 Å². The van der Waals surface area contributed by atoms with Crippen LogP contribution in [0.5, 0.6) is 5.75 Å². The lowest BCUT2D eigenvalue weighted by Gasteiger charge is -2.31. The third kappa shape index (κ3) is 5.00. The number of benzene rings is 2. The van der Waals surface area contributed by atoms with Gasteiger partial charge in [-0.3, -0.25) is 4.79 Å². The Morgan fingerprint density at radius 1 is 1.25 bits per heavy atom. The first-order chi connectivity index (χ1) is 15.6. The highest BCUT2D eigenvalue weighted by atomic mass is 19.1. The third-order valence-corrected chi connectivity index (χ3v) is 6.24. The first-order valence-corrected chi connectivity index (χ1v) is 11.3. The normalized spacial score (nSPS) is 15.3. The second-order valence-electron chi connectivity index (χ2n) is 8.33. The number of nitrogens with zero attached hydrogens (tertiary/aromatic N) is 2. The van der Waals surface area contributed by atoms with Gasteiger partial charge in [0.2, 0.25) is 0 Å². The van der Waals surface area contributed by atoms with Gasteiger partial charge in [-0.1, -0.05) is 12.1 Å². The van der Waals surface area contributed by atoms with E-state index in [2.05, 4.69) is 10.1 Å². The highest BCUT2D eigenvalue weighted by Gasteiger charge is 2.25. The molecule has 0 saturated carbocycles. The van der Waals surface area contributed by atoms with Crippen LogP contribution < -0.4 is 10.5 Å². The number of ketones is 1. The quantitative estimate of drug-likeness (QED) is 0.386. The van der Waals surface area contributed by atoms with E-state index in [1.807, 2.05) is 25.1 Å². The molecule has 1 aromatic heterocycles. The summed E-state index contributed by atoms with van der Waals surface area (Å²) in [6.45, 7) is 5.74. The molecule has 32 heavy (non-hydrogen) atoms. The number of hydrogen-bond acceptors (Lipinski definition) is 6. The molecule has 0 amide bonds. The fourth-order valence-corrected chi connectivity index (χ4v) is 4.38. The number of halogens is 1. The molecule has 4 rings (SSSR count). The van der Waals surface area contributed by atoms with Crippen LogP contribution in [0.25, 0.3) is 11.0 Å². The van der Waals surface area contributed by atoms with Crippen molar-refractivity contribution in [2.45, 2.75) is 45.1 Å². The Balaban J connectivity index is 1.24. The molecule has 3 aromatic rings. The van der Waals surface area contributed by atoms with E-state index in [0.29, 0.717) is 36.6 Å². The molecule has 2 N–H and O–H groups in total. The van der Waals surface area contributed by atoms with Gasteiger partial charge in [-0.2, -0.15) is 0 Å². The van der Waals surface area contributed by atoms with Crippen LogP contribution in [0.3, 0.4) is 0 Å². The lowest BCUT2D eigenvalue weighted by molar-refractivity contribution is 0.0988. The standard InChI is InChI=1S/C25H30FN3O3/c1-2-22(30)18-4-7-23(19(14-18)16-27)31-13-3-10-29-11-8-17(9-12-29)25-21-6-5-20(26)15-24(21)32-28-25/h4-7,14-15,17H,2-3,8-13,16,27H2,1H3. The van der Waals surface area contributed by atoms with E-state index in [9.17, 15) is 9.18 Å². The second-order valence-corrected chi connectivity index (χ2v) is 8.33. The predicted octanol–water partition coefficient (Wildman–Crippen LogP) is 4.67. The number of carbonyl (C=O) groups is 1. The Morgan fingerprint density at radius 3 is 2.81 bits per heavy atom. The van der Waals surface area contributed by atoms with E-state index in [0.717, 1.165) is 61.3 Å². The van der Waals surface area contributed by atoms with E-state index in [4.69, 9.17) is 15.0 Å². The zero-order chi connectivity index (χ0) is 22.5. The third-order valence-electron chi connectivity index (χ3n) is 6.24. The van der Waals surface area contributed by atoms with Crippen LogP contribution in [0.1, 0.15) is 60.1 Å². The smallest absolute Gasteiger partial charge is 0.170 e. The molecule has 1 aliphatic heterocycles. The first kappa shape index (κ1) is 22.4. The molecule has 1 aliphatic rings. The fraction of sp³-hybridized carbons (Fsp3) is 0.440. The average molecular weight is 440 g/mol. The Hall–Kier alpha value is -2.77. The highest BCUT2D eigenvalue weighted by Crippen LogP contribution is 2.32. The Labute approximate surface area is 187 Å². The molecule has 0 aliphatic carbocycles. The number of fused-ring (bicyclic) bond motifs is 1. The van der Waals surface area contributed by atoms with Crippen molar-refractivity contribution in [1.29, 1.82) is 0 Å². The number of hydrogen-bond donors (Lipinski definition) is 1. The molecule has 0 atom stereocenters. The van der Waals surface area contributed by atoms with Gasteiger partial charge >= 0.3 is 0 Å². The van der Waals surface area contributed by atoms with E-state index in [1.165, 1.54) is 12.1 Å².